The van der Waals surface area contributed by atoms with Gasteiger partial charge in [0, 0.05) is 0 Å². The molecule has 0 aliphatic heterocycles. The minimum Gasteiger partial charge on any atom is -0.388 e. The van der Waals surface area contributed by atoms with E-state index in [4.69, 9.17) is 0 Å². The molecule has 12 heavy (non-hydrogen) atoms. The van der Waals surface area contributed by atoms with Crippen LogP contribution in [0.4, 0.5) is 0 Å². The van der Waals surface area contributed by atoms with Gasteiger partial charge in [0.25, 0.3) is 0 Å². The average molecular weight is 166 g/mol. The van der Waals surface area contributed by atoms with Gasteiger partial charge in [0.05, 0.1) is 6.10 Å². The molecule has 1 rings (SSSR count). The van der Waals surface area contributed by atoms with E-state index in [2.05, 4.69) is 13.2 Å². The van der Waals surface area contributed by atoms with Crippen LogP contribution in [-0.4, -0.2) is 11.2 Å². The number of hydrogen-bond acceptors (Lipinski definition) is 1. The smallest absolute Gasteiger partial charge is 0.0812 e. The van der Waals surface area contributed by atoms with E-state index in [-0.39, 0.29) is 6.10 Å². The first-order chi connectivity index (χ1) is 5.75. The summed E-state index contributed by atoms with van der Waals surface area (Å²) in [7, 11) is 0. The number of hydrogen-bond donors (Lipinski definition) is 1. The van der Waals surface area contributed by atoms with Gasteiger partial charge < -0.3 is 5.11 Å². The van der Waals surface area contributed by atoms with Crippen LogP contribution < -0.4 is 0 Å². The van der Waals surface area contributed by atoms with Crippen molar-refractivity contribution in [3.63, 3.8) is 0 Å². The average Bonchev–Trinajstić information content (AvgIpc) is 2.17. The lowest BCUT2D eigenvalue weighted by molar-refractivity contribution is 0.118. The second-order valence-corrected chi connectivity index (χ2v) is 3.62. The third-order valence-electron chi connectivity index (χ3n) is 2.74. The standard InChI is InChI=1S/C11H18O/c1-3-9(2)11(12)10-7-5-4-6-8-10/h3,10-12H,1-2,4-8H2/t11-/m1/s1. The Morgan fingerprint density at radius 3 is 2.42 bits per heavy atom. The van der Waals surface area contributed by atoms with Crippen LogP contribution in [0.25, 0.3) is 0 Å². The van der Waals surface area contributed by atoms with Crippen molar-refractivity contribution >= 4 is 0 Å². The first-order valence-corrected chi connectivity index (χ1v) is 4.75. The minimum absolute atomic E-state index is 0.345. The summed E-state index contributed by atoms with van der Waals surface area (Å²) in [5.41, 5.74) is 0.780. The van der Waals surface area contributed by atoms with E-state index in [0.717, 1.165) is 18.4 Å². The van der Waals surface area contributed by atoms with Crippen molar-refractivity contribution < 1.29 is 5.11 Å². The topological polar surface area (TPSA) is 20.2 Å². The lowest BCUT2D eigenvalue weighted by atomic mass is 9.83. The highest BCUT2D eigenvalue weighted by atomic mass is 16.3. The summed E-state index contributed by atoms with van der Waals surface area (Å²) in [5, 5.41) is 9.77. The van der Waals surface area contributed by atoms with Gasteiger partial charge in [0.15, 0.2) is 0 Å². The predicted octanol–water partition coefficient (Wildman–Crippen LogP) is 2.67. The summed E-state index contributed by atoms with van der Waals surface area (Å²) in [6.07, 6.45) is 7.45. The molecule has 1 fully saturated rings. The van der Waals surface area contributed by atoms with Crippen molar-refractivity contribution in [2.45, 2.75) is 38.2 Å². The highest BCUT2D eigenvalue weighted by Gasteiger charge is 2.22. The second kappa shape index (κ2) is 4.46. The van der Waals surface area contributed by atoms with E-state index in [1.54, 1.807) is 6.08 Å². The fourth-order valence-electron chi connectivity index (χ4n) is 1.87. The molecule has 1 aliphatic rings. The first kappa shape index (κ1) is 9.53. The molecule has 0 saturated heterocycles. The highest BCUT2D eigenvalue weighted by Crippen LogP contribution is 2.28. The second-order valence-electron chi connectivity index (χ2n) is 3.62. The predicted molar refractivity (Wildman–Crippen MR) is 51.9 cm³/mol. The van der Waals surface area contributed by atoms with Gasteiger partial charge in [-0.05, 0) is 24.3 Å². The van der Waals surface area contributed by atoms with Crippen molar-refractivity contribution in [2.75, 3.05) is 0 Å². The van der Waals surface area contributed by atoms with Crippen LogP contribution in [0.3, 0.4) is 0 Å². The van der Waals surface area contributed by atoms with E-state index in [1.165, 1.54) is 19.3 Å². The molecule has 1 heteroatoms. The number of rotatable bonds is 3. The molecular weight excluding hydrogens is 148 g/mol. The maximum Gasteiger partial charge on any atom is 0.0812 e. The lowest BCUT2D eigenvalue weighted by Crippen LogP contribution is -2.23. The molecule has 0 unspecified atom stereocenters. The Morgan fingerprint density at radius 2 is 1.92 bits per heavy atom. The zero-order chi connectivity index (χ0) is 8.97. The molecule has 1 atom stereocenters. The van der Waals surface area contributed by atoms with Gasteiger partial charge in [0.2, 0.25) is 0 Å². The van der Waals surface area contributed by atoms with E-state index in [0.29, 0.717) is 5.92 Å². The largest absolute Gasteiger partial charge is 0.388 e. The van der Waals surface area contributed by atoms with Crippen LogP contribution in [0.5, 0.6) is 0 Å². The van der Waals surface area contributed by atoms with Gasteiger partial charge in [0.1, 0.15) is 0 Å². The van der Waals surface area contributed by atoms with Crippen molar-refractivity contribution in [1.82, 2.24) is 0 Å². The van der Waals surface area contributed by atoms with Crippen LogP contribution in [0.1, 0.15) is 32.1 Å². The van der Waals surface area contributed by atoms with Crippen LogP contribution in [0.15, 0.2) is 24.8 Å². The Labute approximate surface area is 74.8 Å². The fraction of sp³-hybridized carbons (Fsp3) is 0.636. The minimum atomic E-state index is -0.345. The molecule has 0 spiro atoms. The van der Waals surface area contributed by atoms with Crippen molar-refractivity contribution in [1.29, 1.82) is 0 Å². The Bertz CT molecular complexity index is 166. The zero-order valence-electron chi connectivity index (χ0n) is 7.63. The van der Waals surface area contributed by atoms with Crippen LogP contribution in [-0.2, 0) is 0 Å². The maximum atomic E-state index is 9.77. The molecule has 68 valence electrons. The third kappa shape index (κ3) is 2.21. The molecule has 1 aliphatic carbocycles. The first-order valence-electron chi connectivity index (χ1n) is 4.75. The van der Waals surface area contributed by atoms with Crippen molar-refractivity contribution in [3.8, 4) is 0 Å². The lowest BCUT2D eigenvalue weighted by Gasteiger charge is -2.26. The molecule has 0 amide bonds. The van der Waals surface area contributed by atoms with Crippen molar-refractivity contribution in [3.05, 3.63) is 24.8 Å². The summed E-state index contributed by atoms with van der Waals surface area (Å²) in [5.74, 6) is 0.434. The zero-order valence-corrected chi connectivity index (χ0v) is 7.63. The maximum absolute atomic E-state index is 9.77. The Morgan fingerprint density at radius 1 is 1.33 bits per heavy atom. The van der Waals surface area contributed by atoms with E-state index in [9.17, 15) is 5.11 Å². The van der Waals surface area contributed by atoms with Gasteiger partial charge in [-0.3, -0.25) is 0 Å². The third-order valence-corrected chi connectivity index (χ3v) is 2.74. The molecule has 1 nitrogen and oxygen atoms in total. The van der Waals surface area contributed by atoms with E-state index in [1.807, 2.05) is 0 Å². The van der Waals surface area contributed by atoms with E-state index >= 15 is 0 Å². The summed E-state index contributed by atoms with van der Waals surface area (Å²) in [6.45, 7) is 7.40. The van der Waals surface area contributed by atoms with Gasteiger partial charge in [-0.1, -0.05) is 38.5 Å². The molecule has 0 aromatic carbocycles. The van der Waals surface area contributed by atoms with Gasteiger partial charge in [-0.25, -0.2) is 0 Å². The summed E-state index contributed by atoms with van der Waals surface area (Å²) in [6, 6.07) is 0. The van der Waals surface area contributed by atoms with E-state index < -0.39 is 0 Å². The fourth-order valence-corrected chi connectivity index (χ4v) is 1.87. The molecule has 0 aromatic heterocycles. The van der Waals surface area contributed by atoms with Gasteiger partial charge in [-0.2, -0.15) is 0 Å². The van der Waals surface area contributed by atoms with Gasteiger partial charge in [-0.15, -0.1) is 0 Å². The molecule has 1 saturated carbocycles. The molecule has 1 N–H and O–H groups in total. The van der Waals surface area contributed by atoms with Crippen molar-refractivity contribution in [2.24, 2.45) is 5.92 Å². The normalized spacial score (nSPS) is 21.8. The molecule has 0 radical (unpaired) electrons. The van der Waals surface area contributed by atoms with Crippen LogP contribution in [0, 0.1) is 5.92 Å². The van der Waals surface area contributed by atoms with Crippen LogP contribution >= 0.6 is 0 Å². The Hall–Kier alpha value is -0.560. The number of aliphatic hydroxyl groups is 1. The Balaban J connectivity index is 2.44. The number of aliphatic hydroxyl groups excluding tert-OH is 1. The highest BCUT2D eigenvalue weighted by molar-refractivity contribution is 5.17. The summed E-state index contributed by atoms with van der Waals surface area (Å²) < 4.78 is 0. The summed E-state index contributed by atoms with van der Waals surface area (Å²) >= 11 is 0. The molecular formula is C11H18O. The van der Waals surface area contributed by atoms with Crippen LogP contribution in [0.2, 0.25) is 0 Å². The monoisotopic (exact) mass is 166 g/mol. The summed E-state index contributed by atoms with van der Waals surface area (Å²) in [4.78, 5) is 0. The SMILES string of the molecule is C=CC(=C)[C@@H](O)C1CCCCC1. The molecule has 0 aromatic rings. The van der Waals surface area contributed by atoms with Gasteiger partial charge >= 0.3 is 0 Å². The molecule has 0 heterocycles. The quantitative estimate of drug-likeness (QED) is 0.639. The molecule has 0 bridgehead atoms. The Kier molecular flexibility index (Phi) is 3.54.